The molecule has 25 heavy (non-hydrogen) atoms. The smallest absolute Gasteiger partial charge is 0.334 e. The van der Waals surface area contributed by atoms with E-state index in [9.17, 15) is 19.7 Å². The van der Waals surface area contributed by atoms with Gasteiger partial charge >= 0.3 is 5.97 Å². The molecule has 0 spiro atoms. The highest BCUT2D eigenvalue weighted by Gasteiger charge is 2.32. The van der Waals surface area contributed by atoms with Gasteiger partial charge in [-0.2, -0.15) is 0 Å². The van der Waals surface area contributed by atoms with Crippen molar-refractivity contribution >= 4 is 28.5 Å². The van der Waals surface area contributed by atoms with Crippen LogP contribution >= 0.6 is 0 Å². The van der Waals surface area contributed by atoms with Gasteiger partial charge in [-0.1, -0.05) is 0 Å². The molecule has 0 saturated carbocycles. The SMILES string of the molecule is C[C@@H]1CN(C(=O)Cn2ccc3cc([N+](=O)[O-])ccc32)CC(C(=O)O)O1. The number of nitrogens with zero attached hydrogens (tertiary/aromatic N) is 3. The number of carboxylic acids is 1. The minimum Gasteiger partial charge on any atom is -0.479 e. The third-order valence-electron chi connectivity index (χ3n) is 4.16. The standard InChI is InChI=1S/C16H17N3O6/c1-10-7-18(8-14(25-10)16(21)22)15(20)9-17-5-4-11-6-12(19(23)24)2-3-13(11)17/h2-6,10,14H,7-9H2,1H3,(H,21,22)/t10-,14?/m1/s1. The van der Waals surface area contributed by atoms with Gasteiger partial charge < -0.3 is 19.3 Å². The molecule has 1 amide bonds. The summed E-state index contributed by atoms with van der Waals surface area (Å²) < 4.78 is 7.00. The molecule has 2 atom stereocenters. The summed E-state index contributed by atoms with van der Waals surface area (Å²) in [5.41, 5.74) is 0.693. The van der Waals surface area contributed by atoms with Crippen molar-refractivity contribution < 1.29 is 24.4 Å². The molecule has 3 rings (SSSR count). The van der Waals surface area contributed by atoms with Crippen molar-refractivity contribution in [2.75, 3.05) is 13.1 Å². The maximum atomic E-state index is 12.5. The van der Waals surface area contributed by atoms with Crippen molar-refractivity contribution in [3.8, 4) is 0 Å². The minimum atomic E-state index is -1.09. The number of hydrogen-bond donors (Lipinski definition) is 1. The van der Waals surface area contributed by atoms with E-state index in [0.717, 1.165) is 0 Å². The number of fused-ring (bicyclic) bond motifs is 1. The lowest BCUT2D eigenvalue weighted by molar-refractivity contribution is -0.384. The highest BCUT2D eigenvalue weighted by atomic mass is 16.6. The summed E-state index contributed by atoms with van der Waals surface area (Å²) in [7, 11) is 0. The topological polar surface area (TPSA) is 115 Å². The Labute approximate surface area is 142 Å². The van der Waals surface area contributed by atoms with Gasteiger partial charge in [-0.25, -0.2) is 4.79 Å². The number of aliphatic carboxylic acids is 1. The number of nitro groups is 1. The first-order valence-corrected chi connectivity index (χ1v) is 7.74. The second kappa shape index (κ2) is 6.52. The molecule has 1 aliphatic rings. The molecule has 1 unspecified atom stereocenters. The minimum absolute atomic E-state index is 0.00315. The highest BCUT2D eigenvalue weighted by Crippen LogP contribution is 2.22. The van der Waals surface area contributed by atoms with Crippen molar-refractivity contribution in [2.24, 2.45) is 0 Å². The lowest BCUT2D eigenvalue weighted by Gasteiger charge is -2.35. The average Bonchev–Trinajstić information content (AvgIpc) is 2.96. The maximum Gasteiger partial charge on any atom is 0.334 e. The summed E-state index contributed by atoms with van der Waals surface area (Å²) in [6, 6.07) is 6.15. The first kappa shape index (κ1) is 16.9. The average molecular weight is 347 g/mol. The number of rotatable bonds is 4. The van der Waals surface area contributed by atoms with E-state index >= 15 is 0 Å². The van der Waals surface area contributed by atoms with Gasteiger partial charge in [0.05, 0.1) is 17.6 Å². The van der Waals surface area contributed by atoms with Crippen molar-refractivity contribution in [2.45, 2.75) is 25.7 Å². The van der Waals surface area contributed by atoms with Crippen LogP contribution in [0.3, 0.4) is 0 Å². The van der Waals surface area contributed by atoms with Crippen molar-refractivity contribution in [1.82, 2.24) is 9.47 Å². The van der Waals surface area contributed by atoms with Gasteiger partial charge in [0.2, 0.25) is 5.91 Å². The summed E-state index contributed by atoms with van der Waals surface area (Å²) in [4.78, 5) is 35.5. The molecule has 132 valence electrons. The molecule has 0 bridgehead atoms. The normalized spacial score (nSPS) is 20.6. The molecule has 9 nitrogen and oxygen atoms in total. The number of benzene rings is 1. The fraction of sp³-hybridized carbons (Fsp3) is 0.375. The van der Waals surface area contributed by atoms with Gasteiger partial charge in [-0.05, 0) is 19.1 Å². The molecule has 1 saturated heterocycles. The third-order valence-corrected chi connectivity index (χ3v) is 4.16. The highest BCUT2D eigenvalue weighted by molar-refractivity contribution is 5.85. The Morgan fingerprint density at radius 2 is 2.12 bits per heavy atom. The zero-order valence-electron chi connectivity index (χ0n) is 13.5. The van der Waals surface area contributed by atoms with E-state index in [4.69, 9.17) is 9.84 Å². The van der Waals surface area contributed by atoms with Crippen LogP contribution in [0.25, 0.3) is 10.9 Å². The van der Waals surface area contributed by atoms with Crippen LogP contribution in [0.1, 0.15) is 6.92 Å². The van der Waals surface area contributed by atoms with Crippen LogP contribution in [0.2, 0.25) is 0 Å². The zero-order chi connectivity index (χ0) is 18.1. The second-order valence-electron chi connectivity index (χ2n) is 6.02. The molecule has 0 radical (unpaired) electrons. The van der Waals surface area contributed by atoms with Gasteiger partial charge in [0.1, 0.15) is 6.54 Å². The Kier molecular flexibility index (Phi) is 4.41. The number of non-ortho nitro benzene ring substituents is 1. The van der Waals surface area contributed by atoms with Crippen LogP contribution in [0.5, 0.6) is 0 Å². The molecule has 1 fully saturated rings. The van der Waals surface area contributed by atoms with Crippen LogP contribution in [0.4, 0.5) is 5.69 Å². The summed E-state index contributed by atoms with van der Waals surface area (Å²) in [5, 5.41) is 20.6. The maximum absolute atomic E-state index is 12.5. The van der Waals surface area contributed by atoms with Crippen LogP contribution < -0.4 is 0 Å². The summed E-state index contributed by atoms with van der Waals surface area (Å²) >= 11 is 0. The molecule has 1 aliphatic heterocycles. The van der Waals surface area contributed by atoms with E-state index in [0.29, 0.717) is 17.4 Å². The Hall–Kier alpha value is -2.94. The number of ether oxygens (including phenoxy) is 1. The molecule has 1 aromatic heterocycles. The monoisotopic (exact) mass is 347 g/mol. The van der Waals surface area contributed by atoms with Crippen LogP contribution in [0.15, 0.2) is 30.5 Å². The number of amides is 1. The van der Waals surface area contributed by atoms with E-state index < -0.39 is 17.0 Å². The van der Waals surface area contributed by atoms with Crippen molar-refractivity contribution in [1.29, 1.82) is 0 Å². The second-order valence-corrected chi connectivity index (χ2v) is 6.02. The molecule has 1 aromatic carbocycles. The largest absolute Gasteiger partial charge is 0.479 e. The quantitative estimate of drug-likeness (QED) is 0.657. The summed E-state index contributed by atoms with van der Waals surface area (Å²) in [6.45, 7) is 2.08. The Balaban J connectivity index is 1.77. The number of aromatic nitrogens is 1. The first-order valence-electron chi connectivity index (χ1n) is 7.74. The fourth-order valence-electron chi connectivity index (χ4n) is 2.98. The van der Waals surface area contributed by atoms with E-state index in [1.807, 2.05) is 0 Å². The number of hydrogen-bond acceptors (Lipinski definition) is 5. The van der Waals surface area contributed by atoms with Gasteiger partial charge in [0.25, 0.3) is 5.69 Å². The lowest BCUT2D eigenvalue weighted by Crippen LogP contribution is -2.52. The molecule has 9 heteroatoms. The Morgan fingerprint density at radius 3 is 2.80 bits per heavy atom. The first-order chi connectivity index (χ1) is 11.8. The van der Waals surface area contributed by atoms with E-state index in [1.54, 1.807) is 29.8 Å². The number of carbonyl (C=O) groups excluding carboxylic acids is 1. The zero-order valence-corrected chi connectivity index (χ0v) is 13.5. The molecule has 1 N–H and O–H groups in total. The van der Waals surface area contributed by atoms with E-state index in [2.05, 4.69) is 0 Å². The Bertz CT molecular complexity index is 846. The van der Waals surface area contributed by atoms with Gasteiger partial charge in [-0.3, -0.25) is 14.9 Å². The number of carbonyl (C=O) groups is 2. The van der Waals surface area contributed by atoms with E-state index in [-0.39, 0.29) is 30.8 Å². The molecule has 2 aromatic rings. The van der Waals surface area contributed by atoms with Crippen molar-refractivity contribution in [3.63, 3.8) is 0 Å². The molecular weight excluding hydrogens is 330 g/mol. The van der Waals surface area contributed by atoms with Crippen LogP contribution in [0, 0.1) is 10.1 Å². The van der Waals surface area contributed by atoms with Gasteiger partial charge in [0, 0.05) is 35.8 Å². The van der Waals surface area contributed by atoms with Crippen LogP contribution in [-0.2, 0) is 20.9 Å². The predicted octanol–water partition coefficient (Wildman–Crippen LogP) is 1.25. The lowest BCUT2D eigenvalue weighted by atomic mass is 10.2. The molecule has 2 heterocycles. The predicted molar refractivity (Wildman–Crippen MR) is 87.1 cm³/mol. The number of nitro benzene ring substituents is 1. The molecule has 0 aliphatic carbocycles. The third kappa shape index (κ3) is 3.45. The fourth-order valence-corrected chi connectivity index (χ4v) is 2.98. The summed E-state index contributed by atoms with van der Waals surface area (Å²) in [5.74, 6) is -1.32. The summed E-state index contributed by atoms with van der Waals surface area (Å²) in [6.07, 6.45) is 0.296. The van der Waals surface area contributed by atoms with Gasteiger partial charge in [0.15, 0.2) is 6.10 Å². The Morgan fingerprint density at radius 1 is 1.36 bits per heavy atom. The number of carboxylic acid groups (broad SMARTS) is 1. The van der Waals surface area contributed by atoms with E-state index in [1.165, 1.54) is 17.0 Å². The van der Waals surface area contributed by atoms with Crippen molar-refractivity contribution in [3.05, 3.63) is 40.6 Å². The van der Waals surface area contributed by atoms with Crippen LogP contribution in [-0.4, -0.2) is 56.7 Å². The number of morpholine rings is 1. The molecular formula is C16H17N3O6. The van der Waals surface area contributed by atoms with Gasteiger partial charge in [-0.15, -0.1) is 0 Å².